The van der Waals surface area contributed by atoms with Gasteiger partial charge in [0.05, 0.1) is 30.7 Å². The zero-order valence-corrected chi connectivity index (χ0v) is 14.7. The van der Waals surface area contributed by atoms with Gasteiger partial charge in [0, 0.05) is 31.4 Å². The van der Waals surface area contributed by atoms with E-state index in [1.165, 1.54) is 0 Å². The average molecular weight is 368 g/mol. The van der Waals surface area contributed by atoms with Crippen LogP contribution in [0.4, 0.5) is 0 Å². The van der Waals surface area contributed by atoms with Crippen LogP contribution >= 0.6 is 0 Å². The summed E-state index contributed by atoms with van der Waals surface area (Å²) in [7, 11) is 0. The van der Waals surface area contributed by atoms with Crippen LogP contribution in [0.25, 0.3) is 0 Å². The predicted octanol–water partition coefficient (Wildman–Crippen LogP) is 0.460. The molecule has 1 saturated carbocycles. The molecule has 1 amide bonds. The van der Waals surface area contributed by atoms with Crippen molar-refractivity contribution in [3.8, 4) is 0 Å². The molecule has 4 heterocycles. The Morgan fingerprint density at radius 2 is 2.15 bits per heavy atom. The molecule has 140 valence electrons. The zero-order chi connectivity index (χ0) is 18.2. The SMILES string of the molecule is O=C(NC1CN(Cc2cnn(Cc3ncco3)c2)C1)c1cn(C2CC2)nn1. The number of amides is 1. The molecule has 1 aliphatic carbocycles. The monoisotopic (exact) mass is 368 g/mol. The molecule has 3 aromatic heterocycles. The van der Waals surface area contributed by atoms with Crippen molar-refractivity contribution < 1.29 is 9.21 Å². The molecule has 1 saturated heterocycles. The van der Waals surface area contributed by atoms with Gasteiger partial charge in [0.15, 0.2) is 5.69 Å². The van der Waals surface area contributed by atoms with Crippen molar-refractivity contribution in [3.05, 3.63) is 48.2 Å². The Hall–Kier alpha value is -3.01. The molecule has 0 unspecified atom stereocenters. The van der Waals surface area contributed by atoms with Crippen LogP contribution in [-0.4, -0.2) is 59.7 Å². The number of rotatable bonds is 7. The summed E-state index contributed by atoms with van der Waals surface area (Å²) >= 11 is 0. The minimum Gasteiger partial charge on any atom is -0.447 e. The summed E-state index contributed by atoms with van der Waals surface area (Å²) in [5, 5.41) is 15.3. The predicted molar refractivity (Wildman–Crippen MR) is 92.7 cm³/mol. The molecule has 0 aromatic carbocycles. The van der Waals surface area contributed by atoms with E-state index < -0.39 is 0 Å². The van der Waals surface area contributed by atoms with E-state index in [1.54, 1.807) is 23.3 Å². The fraction of sp³-hybridized carbons (Fsp3) is 0.471. The molecular formula is C17H20N8O2. The highest BCUT2D eigenvalue weighted by Crippen LogP contribution is 2.33. The lowest BCUT2D eigenvalue weighted by Gasteiger charge is -2.39. The molecule has 3 aromatic rings. The number of carbonyl (C=O) groups excluding carboxylic acids is 1. The quantitative estimate of drug-likeness (QED) is 0.645. The smallest absolute Gasteiger partial charge is 0.273 e. The number of carbonyl (C=O) groups is 1. The van der Waals surface area contributed by atoms with Gasteiger partial charge in [-0.05, 0) is 12.8 Å². The molecule has 10 heteroatoms. The van der Waals surface area contributed by atoms with Gasteiger partial charge in [-0.3, -0.25) is 14.4 Å². The number of oxazole rings is 1. The highest BCUT2D eigenvalue weighted by atomic mass is 16.3. The topological polar surface area (TPSA) is 107 Å². The van der Waals surface area contributed by atoms with E-state index in [4.69, 9.17) is 4.42 Å². The number of aromatic nitrogens is 6. The van der Waals surface area contributed by atoms with Crippen LogP contribution in [0.1, 0.15) is 40.8 Å². The van der Waals surface area contributed by atoms with Gasteiger partial charge >= 0.3 is 0 Å². The molecule has 0 bridgehead atoms. The summed E-state index contributed by atoms with van der Waals surface area (Å²) < 4.78 is 8.83. The van der Waals surface area contributed by atoms with Crippen LogP contribution in [0.3, 0.4) is 0 Å². The van der Waals surface area contributed by atoms with Crippen molar-refractivity contribution in [1.82, 2.24) is 40.0 Å². The van der Waals surface area contributed by atoms with E-state index in [1.807, 2.05) is 17.1 Å². The van der Waals surface area contributed by atoms with Gasteiger partial charge < -0.3 is 9.73 Å². The second-order valence-electron chi connectivity index (χ2n) is 7.15. The average Bonchev–Trinajstić information content (AvgIpc) is 3.05. The van der Waals surface area contributed by atoms with Gasteiger partial charge in [0.2, 0.25) is 5.89 Å². The van der Waals surface area contributed by atoms with E-state index in [0.717, 1.165) is 38.0 Å². The molecule has 10 nitrogen and oxygen atoms in total. The Balaban J connectivity index is 1.08. The number of hydrogen-bond donors (Lipinski definition) is 1. The van der Waals surface area contributed by atoms with Crippen LogP contribution in [0.2, 0.25) is 0 Å². The third kappa shape index (κ3) is 3.61. The highest BCUT2D eigenvalue weighted by Gasteiger charge is 2.30. The van der Waals surface area contributed by atoms with Crippen LogP contribution in [0, 0.1) is 0 Å². The van der Waals surface area contributed by atoms with Gasteiger partial charge in [-0.1, -0.05) is 5.21 Å². The minimum atomic E-state index is -0.148. The van der Waals surface area contributed by atoms with E-state index in [-0.39, 0.29) is 11.9 Å². The number of nitrogens with zero attached hydrogens (tertiary/aromatic N) is 7. The third-order valence-electron chi connectivity index (χ3n) is 4.83. The highest BCUT2D eigenvalue weighted by molar-refractivity contribution is 5.92. The molecule has 27 heavy (non-hydrogen) atoms. The molecule has 1 N–H and O–H groups in total. The molecule has 2 fully saturated rings. The summed E-state index contributed by atoms with van der Waals surface area (Å²) in [6, 6.07) is 0.577. The molecule has 2 aliphatic rings. The standard InChI is InChI=1S/C17H20N8O2/c26-17(15-10-25(22-21-15)14-1-2-14)20-13-8-23(9-13)6-12-5-19-24(7-12)11-16-18-3-4-27-16/h3-5,7,10,13-14H,1-2,6,8-9,11H2,(H,20,26). The van der Waals surface area contributed by atoms with Crippen molar-refractivity contribution in [2.75, 3.05) is 13.1 Å². The van der Waals surface area contributed by atoms with E-state index in [2.05, 4.69) is 30.6 Å². The molecule has 0 radical (unpaired) electrons. The van der Waals surface area contributed by atoms with Crippen molar-refractivity contribution in [2.45, 2.75) is 38.0 Å². The largest absolute Gasteiger partial charge is 0.447 e. The van der Waals surface area contributed by atoms with Crippen molar-refractivity contribution in [1.29, 1.82) is 0 Å². The first-order valence-electron chi connectivity index (χ1n) is 9.08. The van der Waals surface area contributed by atoms with Crippen molar-refractivity contribution >= 4 is 5.91 Å². The second-order valence-corrected chi connectivity index (χ2v) is 7.15. The van der Waals surface area contributed by atoms with Crippen LogP contribution in [0.5, 0.6) is 0 Å². The summed E-state index contributed by atoms with van der Waals surface area (Å²) in [5.74, 6) is 0.486. The van der Waals surface area contributed by atoms with Crippen LogP contribution in [-0.2, 0) is 13.1 Å². The molecular weight excluding hydrogens is 348 g/mol. The van der Waals surface area contributed by atoms with Crippen molar-refractivity contribution in [2.24, 2.45) is 0 Å². The number of likely N-dealkylation sites (tertiary alicyclic amines) is 1. The molecule has 5 rings (SSSR count). The first-order chi connectivity index (χ1) is 13.2. The summed E-state index contributed by atoms with van der Waals surface area (Å²) in [6.45, 7) is 2.95. The van der Waals surface area contributed by atoms with Gasteiger partial charge in [0.25, 0.3) is 5.91 Å². The Bertz CT molecular complexity index is 921. The van der Waals surface area contributed by atoms with Crippen LogP contribution in [0.15, 0.2) is 35.5 Å². The maximum atomic E-state index is 12.3. The fourth-order valence-corrected chi connectivity index (χ4v) is 3.25. The first-order valence-corrected chi connectivity index (χ1v) is 9.08. The normalized spacial score (nSPS) is 17.8. The maximum Gasteiger partial charge on any atom is 0.273 e. The lowest BCUT2D eigenvalue weighted by Crippen LogP contribution is -2.58. The van der Waals surface area contributed by atoms with E-state index in [0.29, 0.717) is 24.2 Å². The zero-order valence-electron chi connectivity index (χ0n) is 14.7. The van der Waals surface area contributed by atoms with Crippen molar-refractivity contribution in [3.63, 3.8) is 0 Å². The second kappa shape index (κ2) is 6.62. The molecule has 0 spiro atoms. The van der Waals surface area contributed by atoms with Gasteiger partial charge in [-0.15, -0.1) is 5.10 Å². The lowest BCUT2D eigenvalue weighted by atomic mass is 10.1. The summed E-state index contributed by atoms with van der Waals surface area (Å²) in [6.07, 6.45) is 11.0. The Morgan fingerprint density at radius 3 is 2.93 bits per heavy atom. The number of hydrogen-bond acceptors (Lipinski definition) is 7. The van der Waals surface area contributed by atoms with E-state index in [9.17, 15) is 4.79 Å². The first kappa shape index (κ1) is 16.2. The Kier molecular flexibility index (Phi) is 3.97. The third-order valence-corrected chi connectivity index (χ3v) is 4.83. The van der Waals surface area contributed by atoms with Gasteiger partial charge in [0.1, 0.15) is 12.8 Å². The summed E-state index contributed by atoms with van der Waals surface area (Å²) in [4.78, 5) is 18.6. The number of nitrogens with one attached hydrogen (secondary N) is 1. The molecule has 0 atom stereocenters. The summed E-state index contributed by atoms with van der Waals surface area (Å²) in [5.41, 5.74) is 1.52. The van der Waals surface area contributed by atoms with Crippen LogP contribution < -0.4 is 5.32 Å². The van der Waals surface area contributed by atoms with Gasteiger partial charge in [-0.25, -0.2) is 9.67 Å². The lowest BCUT2D eigenvalue weighted by molar-refractivity contribution is 0.0790. The minimum absolute atomic E-state index is 0.144. The van der Waals surface area contributed by atoms with E-state index >= 15 is 0 Å². The fourth-order valence-electron chi connectivity index (χ4n) is 3.25. The Morgan fingerprint density at radius 1 is 1.26 bits per heavy atom. The Labute approximate surface area is 155 Å². The molecule has 1 aliphatic heterocycles. The van der Waals surface area contributed by atoms with Gasteiger partial charge in [-0.2, -0.15) is 5.10 Å². The maximum absolute atomic E-state index is 12.3.